The molecule has 1 saturated heterocycles. The maximum Gasteiger partial charge on any atom is 0.306 e. The molecule has 3 heteroatoms. The fourth-order valence-corrected chi connectivity index (χ4v) is 2.19. The van der Waals surface area contributed by atoms with Crippen LogP contribution in [0.3, 0.4) is 0 Å². The molecule has 0 N–H and O–H groups in total. The number of hydrogen-bond acceptors (Lipinski definition) is 3. The van der Waals surface area contributed by atoms with Crippen LogP contribution in [0.5, 0.6) is 0 Å². The lowest BCUT2D eigenvalue weighted by molar-refractivity contribution is -0.144. The molecule has 0 spiro atoms. The smallest absolute Gasteiger partial charge is 0.306 e. The Bertz CT molecular complexity index is 186. The molecule has 3 nitrogen and oxygen atoms in total. The molecule has 1 rings (SSSR count). The van der Waals surface area contributed by atoms with E-state index in [1.807, 2.05) is 6.92 Å². The van der Waals surface area contributed by atoms with Gasteiger partial charge in [0.05, 0.1) is 6.61 Å². The second-order valence-corrected chi connectivity index (χ2v) is 4.29. The van der Waals surface area contributed by atoms with E-state index < -0.39 is 0 Å². The third kappa shape index (κ3) is 4.65. The second kappa shape index (κ2) is 6.83. The molecule has 0 aromatic rings. The molecule has 0 aromatic heterocycles. The van der Waals surface area contributed by atoms with E-state index in [0.29, 0.717) is 18.9 Å². The molecular formula is C12H23NO2. The molecule has 15 heavy (non-hydrogen) atoms. The third-order valence-electron chi connectivity index (χ3n) is 3.01. The molecule has 1 fully saturated rings. The molecule has 0 bridgehead atoms. The van der Waals surface area contributed by atoms with Crippen molar-refractivity contribution < 1.29 is 9.53 Å². The molecule has 1 heterocycles. The SMILES string of the molecule is CCCN1CCC(CC(=O)OCC)CC1. The van der Waals surface area contributed by atoms with Gasteiger partial charge >= 0.3 is 5.97 Å². The maximum absolute atomic E-state index is 11.3. The zero-order valence-electron chi connectivity index (χ0n) is 10.00. The lowest BCUT2D eigenvalue weighted by Gasteiger charge is -2.31. The summed E-state index contributed by atoms with van der Waals surface area (Å²) in [5.41, 5.74) is 0. The van der Waals surface area contributed by atoms with Gasteiger partial charge in [-0.2, -0.15) is 0 Å². The van der Waals surface area contributed by atoms with Crippen LogP contribution in [0.1, 0.15) is 39.5 Å². The summed E-state index contributed by atoms with van der Waals surface area (Å²) >= 11 is 0. The standard InChI is InChI=1S/C12H23NO2/c1-3-7-13-8-5-11(6-9-13)10-12(14)15-4-2/h11H,3-10H2,1-2H3. The molecular weight excluding hydrogens is 190 g/mol. The molecule has 0 aliphatic carbocycles. The van der Waals surface area contributed by atoms with Crippen LogP contribution < -0.4 is 0 Å². The van der Waals surface area contributed by atoms with E-state index in [-0.39, 0.29) is 5.97 Å². The van der Waals surface area contributed by atoms with E-state index in [1.165, 1.54) is 13.0 Å². The Labute approximate surface area is 92.8 Å². The highest BCUT2D eigenvalue weighted by atomic mass is 16.5. The van der Waals surface area contributed by atoms with E-state index in [9.17, 15) is 4.79 Å². The molecule has 0 unspecified atom stereocenters. The van der Waals surface area contributed by atoms with Crippen LogP contribution >= 0.6 is 0 Å². The highest BCUT2D eigenvalue weighted by Crippen LogP contribution is 2.20. The number of rotatable bonds is 5. The number of esters is 1. The summed E-state index contributed by atoms with van der Waals surface area (Å²) in [6.45, 7) is 8.09. The van der Waals surface area contributed by atoms with Gasteiger partial charge in [-0.3, -0.25) is 4.79 Å². The van der Waals surface area contributed by atoms with Crippen molar-refractivity contribution in [1.29, 1.82) is 0 Å². The number of nitrogens with zero attached hydrogens (tertiary/aromatic N) is 1. The number of carbonyl (C=O) groups excluding carboxylic acids is 1. The predicted molar refractivity (Wildman–Crippen MR) is 60.7 cm³/mol. The van der Waals surface area contributed by atoms with Crippen molar-refractivity contribution in [2.45, 2.75) is 39.5 Å². The highest BCUT2D eigenvalue weighted by Gasteiger charge is 2.21. The minimum absolute atomic E-state index is 0.0218. The third-order valence-corrected chi connectivity index (χ3v) is 3.01. The largest absolute Gasteiger partial charge is 0.466 e. The topological polar surface area (TPSA) is 29.5 Å². The molecule has 0 aromatic carbocycles. The minimum Gasteiger partial charge on any atom is -0.466 e. The van der Waals surface area contributed by atoms with Crippen molar-refractivity contribution in [2.75, 3.05) is 26.2 Å². The van der Waals surface area contributed by atoms with Crippen molar-refractivity contribution >= 4 is 5.97 Å². The summed E-state index contributed by atoms with van der Waals surface area (Å²) < 4.78 is 4.97. The van der Waals surface area contributed by atoms with E-state index in [0.717, 1.165) is 25.9 Å². The quantitative estimate of drug-likeness (QED) is 0.655. The first kappa shape index (κ1) is 12.5. The number of piperidine rings is 1. The van der Waals surface area contributed by atoms with Crippen LogP contribution in [-0.2, 0) is 9.53 Å². The second-order valence-electron chi connectivity index (χ2n) is 4.29. The maximum atomic E-state index is 11.3. The average Bonchev–Trinajstić information content (AvgIpc) is 2.22. The van der Waals surface area contributed by atoms with Crippen LogP contribution in [0.2, 0.25) is 0 Å². The van der Waals surface area contributed by atoms with Gasteiger partial charge in [-0.05, 0) is 51.7 Å². The Kier molecular flexibility index (Phi) is 5.69. The van der Waals surface area contributed by atoms with E-state index in [2.05, 4.69) is 11.8 Å². The highest BCUT2D eigenvalue weighted by molar-refractivity contribution is 5.69. The zero-order valence-corrected chi connectivity index (χ0v) is 10.00. The van der Waals surface area contributed by atoms with Crippen LogP contribution in [0.25, 0.3) is 0 Å². The number of hydrogen-bond donors (Lipinski definition) is 0. The summed E-state index contributed by atoms with van der Waals surface area (Å²) in [7, 11) is 0. The van der Waals surface area contributed by atoms with E-state index >= 15 is 0 Å². The van der Waals surface area contributed by atoms with Crippen LogP contribution in [0, 0.1) is 5.92 Å². The van der Waals surface area contributed by atoms with Gasteiger partial charge in [0.15, 0.2) is 0 Å². The van der Waals surface area contributed by atoms with Gasteiger partial charge in [-0.1, -0.05) is 6.92 Å². The molecule has 1 aliphatic heterocycles. The predicted octanol–water partition coefficient (Wildman–Crippen LogP) is 2.06. The fourth-order valence-electron chi connectivity index (χ4n) is 2.19. The zero-order chi connectivity index (χ0) is 11.1. The molecule has 0 saturated carbocycles. The molecule has 0 amide bonds. The Morgan fingerprint density at radius 2 is 2.00 bits per heavy atom. The summed E-state index contributed by atoms with van der Waals surface area (Å²) in [6.07, 6.45) is 4.15. The van der Waals surface area contributed by atoms with Gasteiger partial charge in [0.1, 0.15) is 0 Å². The van der Waals surface area contributed by atoms with E-state index in [1.54, 1.807) is 0 Å². The van der Waals surface area contributed by atoms with Gasteiger partial charge in [-0.25, -0.2) is 0 Å². The molecule has 0 radical (unpaired) electrons. The van der Waals surface area contributed by atoms with Crippen LogP contribution in [0.4, 0.5) is 0 Å². The Morgan fingerprint density at radius 1 is 1.33 bits per heavy atom. The fraction of sp³-hybridized carbons (Fsp3) is 0.917. The summed E-state index contributed by atoms with van der Waals surface area (Å²) in [6, 6.07) is 0. The van der Waals surface area contributed by atoms with Crippen molar-refractivity contribution in [3.8, 4) is 0 Å². The van der Waals surface area contributed by atoms with Crippen molar-refractivity contribution in [3.63, 3.8) is 0 Å². The first-order chi connectivity index (χ1) is 7.26. The van der Waals surface area contributed by atoms with Gasteiger partial charge in [0.2, 0.25) is 0 Å². The average molecular weight is 213 g/mol. The monoisotopic (exact) mass is 213 g/mol. The number of ether oxygens (including phenoxy) is 1. The van der Waals surface area contributed by atoms with Gasteiger partial charge in [-0.15, -0.1) is 0 Å². The normalized spacial score (nSPS) is 19.1. The molecule has 88 valence electrons. The summed E-state index contributed by atoms with van der Waals surface area (Å²) in [5.74, 6) is 0.531. The van der Waals surface area contributed by atoms with Gasteiger partial charge < -0.3 is 9.64 Å². The molecule has 0 atom stereocenters. The van der Waals surface area contributed by atoms with Gasteiger partial charge in [0, 0.05) is 6.42 Å². The number of likely N-dealkylation sites (tertiary alicyclic amines) is 1. The molecule has 1 aliphatic rings. The first-order valence-electron chi connectivity index (χ1n) is 6.14. The van der Waals surface area contributed by atoms with E-state index in [4.69, 9.17) is 4.74 Å². The van der Waals surface area contributed by atoms with Crippen molar-refractivity contribution in [3.05, 3.63) is 0 Å². The first-order valence-corrected chi connectivity index (χ1v) is 6.14. The number of carbonyl (C=O) groups is 1. The minimum atomic E-state index is -0.0218. The van der Waals surface area contributed by atoms with Crippen molar-refractivity contribution in [1.82, 2.24) is 4.90 Å². The lowest BCUT2D eigenvalue weighted by Crippen LogP contribution is -2.34. The lowest BCUT2D eigenvalue weighted by atomic mass is 9.93. The Balaban J connectivity index is 2.16. The summed E-state index contributed by atoms with van der Waals surface area (Å²) in [5, 5.41) is 0. The Morgan fingerprint density at radius 3 is 2.53 bits per heavy atom. The Hall–Kier alpha value is -0.570. The van der Waals surface area contributed by atoms with Crippen LogP contribution in [0.15, 0.2) is 0 Å². The van der Waals surface area contributed by atoms with Crippen LogP contribution in [-0.4, -0.2) is 37.1 Å². The summed E-state index contributed by atoms with van der Waals surface area (Å²) in [4.78, 5) is 13.8. The van der Waals surface area contributed by atoms with Gasteiger partial charge in [0.25, 0.3) is 0 Å². The van der Waals surface area contributed by atoms with Crippen molar-refractivity contribution in [2.24, 2.45) is 5.92 Å².